The maximum atomic E-state index is 11.8. The van der Waals surface area contributed by atoms with Gasteiger partial charge in [-0.25, -0.2) is 4.79 Å². The van der Waals surface area contributed by atoms with Gasteiger partial charge >= 0.3 is 6.03 Å². The van der Waals surface area contributed by atoms with Crippen LogP contribution in [-0.2, 0) is 0 Å². The monoisotopic (exact) mass is 254 g/mol. The second-order valence-electron chi connectivity index (χ2n) is 6.07. The van der Waals surface area contributed by atoms with Crippen LogP contribution < -0.4 is 10.6 Å². The molecule has 4 heteroatoms. The molecule has 104 valence electrons. The van der Waals surface area contributed by atoms with Gasteiger partial charge in [-0.2, -0.15) is 0 Å². The van der Waals surface area contributed by atoms with Gasteiger partial charge in [0.15, 0.2) is 0 Å². The Morgan fingerprint density at radius 3 is 2.50 bits per heavy atom. The molecule has 0 bridgehead atoms. The standard InChI is InChI=1S/C14H26N2O2/c1-10-5-7-12(8-6-10)16-14(18)15-9-11-3-2-4-13(11)17/h10-13,17H,2-9H2,1H3,(H2,15,16,18). The first-order chi connectivity index (χ1) is 8.65. The highest BCUT2D eigenvalue weighted by Crippen LogP contribution is 2.25. The van der Waals surface area contributed by atoms with Gasteiger partial charge in [-0.3, -0.25) is 0 Å². The van der Waals surface area contributed by atoms with Gasteiger partial charge in [0.2, 0.25) is 0 Å². The van der Waals surface area contributed by atoms with Gasteiger partial charge in [-0.1, -0.05) is 13.3 Å². The van der Waals surface area contributed by atoms with Crippen molar-refractivity contribution >= 4 is 6.03 Å². The third-order valence-electron chi connectivity index (χ3n) is 4.49. The zero-order valence-corrected chi connectivity index (χ0v) is 11.3. The van der Waals surface area contributed by atoms with Gasteiger partial charge in [0.05, 0.1) is 6.10 Å². The number of hydrogen-bond acceptors (Lipinski definition) is 2. The van der Waals surface area contributed by atoms with Crippen molar-refractivity contribution in [3.63, 3.8) is 0 Å². The van der Waals surface area contributed by atoms with Crippen molar-refractivity contribution in [1.29, 1.82) is 0 Å². The molecule has 2 aliphatic rings. The summed E-state index contributed by atoms with van der Waals surface area (Å²) in [5.41, 5.74) is 0. The highest BCUT2D eigenvalue weighted by Gasteiger charge is 2.26. The Kier molecular flexibility index (Phi) is 4.87. The topological polar surface area (TPSA) is 61.4 Å². The summed E-state index contributed by atoms with van der Waals surface area (Å²) in [7, 11) is 0. The number of hydrogen-bond donors (Lipinski definition) is 3. The van der Waals surface area contributed by atoms with Crippen molar-refractivity contribution in [3.8, 4) is 0 Å². The fourth-order valence-electron chi connectivity index (χ4n) is 3.12. The van der Waals surface area contributed by atoms with E-state index in [1.807, 2.05) is 0 Å². The second-order valence-corrected chi connectivity index (χ2v) is 6.07. The lowest BCUT2D eigenvalue weighted by Crippen LogP contribution is -2.45. The van der Waals surface area contributed by atoms with Crippen molar-refractivity contribution < 1.29 is 9.90 Å². The van der Waals surface area contributed by atoms with Crippen molar-refractivity contribution in [2.45, 2.75) is 64.0 Å². The zero-order valence-electron chi connectivity index (χ0n) is 11.3. The van der Waals surface area contributed by atoms with E-state index in [2.05, 4.69) is 17.6 Å². The first-order valence-corrected chi connectivity index (χ1v) is 7.37. The average Bonchev–Trinajstić information content (AvgIpc) is 2.75. The molecule has 3 N–H and O–H groups in total. The number of aliphatic hydroxyl groups excluding tert-OH is 1. The Bertz CT molecular complexity index is 275. The van der Waals surface area contributed by atoms with E-state index < -0.39 is 0 Å². The molecule has 0 aromatic heterocycles. The van der Waals surface area contributed by atoms with Crippen LogP contribution in [-0.4, -0.2) is 29.8 Å². The van der Waals surface area contributed by atoms with Gasteiger partial charge in [-0.05, 0) is 44.4 Å². The Morgan fingerprint density at radius 2 is 1.89 bits per heavy atom. The number of amides is 2. The van der Waals surface area contributed by atoms with Crippen LogP contribution in [0, 0.1) is 11.8 Å². The number of carbonyl (C=O) groups is 1. The van der Waals surface area contributed by atoms with E-state index >= 15 is 0 Å². The van der Waals surface area contributed by atoms with Gasteiger partial charge in [0.25, 0.3) is 0 Å². The van der Waals surface area contributed by atoms with Crippen LogP contribution in [0.4, 0.5) is 4.79 Å². The smallest absolute Gasteiger partial charge is 0.315 e. The van der Waals surface area contributed by atoms with E-state index in [0.29, 0.717) is 12.6 Å². The molecule has 2 rings (SSSR count). The molecule has 2 aliphatic carbocycles. The molecular weight excluding hydrogens is 228 g/mol. The average molecular weight is 254 g/mol. The molecular formula is C14H26N2O2. The lowest BCUT2D eigenvalue weighted by Gasteiger charge is -2.27. The van der Waals surface area contributed by atoms with Crippen LogP contribution in [0.5, 0.6) is 0 Å². The number of aliphatic hydroxyl groups is 1. The van der Waals surface area contributed by atoms with Gasteiger partial charge < -0.3 is 15.7 Å². The summed E-state index contributed by atoms with van der Waals surface area (Å²) in [6, 6.07) is 0.281. The minimum absolute atomic E-state index is 0.0614. The van der Waals surface area contributed by atoms with Gasteiger partial charge in [0.1, 0.15) is 0 Å². The van der Waals surface area contributed by atoms with Crippen LogP contribution in [0.15, 0.2) is 0 Å². The lowest BCUT2D eigenvalue weighted by molar-refractivity contribution is 0.132. The van der Waals surface area contributed by atoms with E-state index in [9.17, 15) is 9.90 Å². The summed E-state index contributed by atoms with van der Waals surface area (Å²) >= 11 is 0. The molecule has 0 saturated heterocycles. The fourth-order valence-corrected chi connectivity index (χ4v) is 3.12. The predicted octanol–water partition coefficient (Wildman–Crippen LogP) is 2.03. The molecule has 2 amide bonds. The van der Waals surface area contributed by atoms with Crippen molar-refractivity contribution in [2.24, 2.45) is 11.8 Å². The quantitative estimate of drug-likeness (QED) is 0.721. The van der Waals surface area contributed by atoms with Crippen LogP contribution >= 0.6 is 0 Å². The Balaban J connectivity index is 1.63. The predicted molar refractivity (Wildman–Crippen MR) is 71.3 cm³/mol. The van der Waals surface area contributed by atoms with Crippen molar-refractivity contribution in [1.82, 2.24) is 10.6 Å². The summed E-state index contributed by atoms with van der Waals surface area (Å²) in [5, 5.41) is 15.6. The highest BCUT2D eigenvalue weighted by atomic mass is 16.3. The second kappa shape index (κ2) is 6.41. The zero-order chi connectivity index (χ0) is 13.0. The first-order valence-electron chi connectivity index (χ1n) is 7.37. The molecule has 0 spiro atoms. The van der Waals surface area contributed by atoms with Crippen LogP contribution in [0.2, 0.25) is 0 Å². The summed E-state index contributed by atoms with van der Waals surface area (Å²) in [6.07, 6.45) is 7.40. The molecule has 2 unspecified atom stereocenters. The fraction of sp³-hybridized carbons (Fsp3) is 0.929. The molecule has 18 heavy (non-hydrogen) atoms. The minimum atomic E-state index is -0.221. The van der Waals surface area contributed by atoms with Crippen LogP contribution in [0.1, 0.15) is 51.9 Å². The van der Waals surface area contributed by atoms with Gasteiger partial charge in [0, 0.05) is 18.5 Å². The van der Waals surface area contributed by atoms with Crippen LogP contribution in [0.3, 0.4) is 0 Å². The molecule has 0 heterocycles. The molecule has 2 saturated carbocycles. The molecule has 0 aromatic rings. The normalized spacial score (nSPS) is 36.3. The molecule has 0 radical (unpaired) electrons. The van der Waals surface area contributed by atoms with E-state index in [0.717, 1.165) is 38.0 Å². The molecule has 2 fully saturated rings. The van der Waals surface area contributed by atoms with Crippen molar-refractivity contribution in [2.75, 3.05) is 6.54 Å². The summed E-state index contributed by atoms with van der Waals surface area (Å²) in [6.45, 7) is 2.88. The molecule has 0 aromatic carbocycles. The maximum absolute atomic E-state index is 11.8. The number of nitrogens with one attached hydrogen (secondary N) is 2. The Morgan fingerprint density at radius 1 is 1.17 bits per heavy atom. The highest BCUT2D eigenvalue weighted by molar-refractivity contribution is 5.74. The maximum Gasteiger partial charge on any atom is 0.315 e. The molecule has 4 nitrogen and oxygen atoms in total. The largest absolute Gasteiger partial charge is 0.393 e. The SMILES string of the molecule is CC1CCC(NC(=O)NCC2CCCC2O)CC1. The summed E-state index contributed by atoms with van der Waals surface area (Å²) in [5.74, 6) is 1.06. The first kappa shape index (κ1) is 13.7. The Hall–Kier alpha value is -0.770. The third kappa shape index (κ3) is 3.87. The number of rotatable bonds is 3. The number of urea groups is 1. The van der Waals surface area contributed by atoms with Gasteiger partial charge in [-0.15, -0.1) is 0 Å². The van der Waals surface area contributed by atoms with E-state index in [1.165, 1.54) is 12.8 Å². The molecule has 0 aliphatic heterocycles. The lowest BCUT2D eigenvalue weighted by atomic mass is 9.87. The van der Waals surface area contributed by atoms with E-state index in [-0.39, 0.29) is 18.1 Å². The van der Waals surface area contributed by atoms with Crippen LogP contribution in [0.25, 0.3) is 0 Å². The summed E-state index contributed by atoms with van der Waals surface area (Å²) < 4.78 is 0. The molecule has 2 atom stereocenters. The van der Waals surface area contributed by atoms with Crippen molar-refractivity contribution in [3.05, 3.63) is 0 Å². The minimum Gasteiger partial charge on any atom is -0.393 e. The van der Waals surface area contributed by atoms with E-state index in [1.54, 1.807) is 0 Å². The number of carbonyl (C=O) groups excluding carboxylic acids is 1. The summed E-state index contributed by atoms with van der Waals surface area (Å²) in [4.78, 5) is 11.8. The Labute approximate surface area is 110 Å². The third-order valence-corrected chi connectivity index (χ3v) is 4.49. The van der Waals surface area contributed by atoms with E-state index in [4.69, 9.17) is 0 Å².